The summed E-state index contributed by atoms with van der Waals surface area (Å²) < 4.78 is 29.1. The van der Waals surface area contributed by atoms with Crippen molar-refractivity contribution >= 4 is 33.2 Å². The number of halogens is 1. The molecule has 2 aromatic carbocycles. The third-order valence-electron chi connectivity index (χ3n) is 4.52. The van der Waals surface area contributed by atoms with Crippen LogP contribution < -0.4 is 10.0 Å². The lowest BCUT2D eigenvalue weighted by Gasteiger charge is -2.15. The van der Waals surface area contributed by atoms with Gasteiger partial charge < -0.3 is 5.32 Å². The summed E-state index contributed by atoms with van der Waals surface area (Å²) in [5.41, 5.74) is 0.326. The van der Waals surface area contributed by atoms with E-state index in [0.29, 0.717) is 11.8 Å². The number of anilines is 1. The average Bonchev–Trinajstić information content (AvgIpc) is 3.30. The summed E-state index contributed by atoms with van der Waals surface area (Å²) >= 11 is 6.15. The van der Waals surface area contributed by atoms with E-state index in [-0.39, 0.29) is 21.2 Å². The maximum absolute atomic E-state index is 12.9. The second-order valence-corrected chi connectivity index (χ2v) is 9.04. The first-order valence-electron chi connectivity index (χ1n) is 9.70. The standard InChI is InChI=1S/C21H18ClN7O3S/c1-14(19-25-13-26-29(19)21-23-8-5-9-24-21)27-20(30)15-10-16(22)12-17(11-15)28-33(31,32)18-6-3-2-4-7-18/h2-14,28H,1H3,(H,27,30). The molecule has 0 radical (unpaired) electrons. The molecule has 0 spiro atoms. The average molecular weight is 484 g/mol. The van der Waals surface area contributed by atoms with Crippen LogP contribution in [0, 0.1) is 0 Å². The monoisotopic (exact) mass is 483 g/mol. The van der Waals surface area contributed by atoms with Crippen molar-refractivity contribution in [3.63, 3.8) is 0 Å². The highest BCUT2D eigenvalue weighted by molar-refractivity contribution is 7.92. The van der Waals surface area contributed by atoms with Crippen molar-refractivity contribution in [2.45, 2.75) is 17.9 Å². The molecule has 0 aliphatic heterocycles. The third-order valence-corrected chi connectivity index (χ3v) is 6.13. The van der Waals surface area contributed by atoms with E-state index in [1.807, 2.05) is 0 Å². The second kappa shape index (κ2) is 9.35. The number of hydrogen-bond acceptors (Lipinski definition) is 7. The SMILES string of the molecule is CC(NC(=O)c1cc(Cl)cc(NS(=O)(=O)c2ccccc2)c1)c1ncnn1-c1ncccn1. The Kier molecular flexibility index (Phi) is 6.33. The molecule has 0 bridgehead atoms. The van der Waals surface area contributed by atoms with E-state index in [2.05, 4.69) is 30.1 Å². The van der Waals surface area contributed by atoms with Crippen LogP contribution in [-0.2, 0) is 10.0 Å². The van der Waals surface area contributed by atoms with E-state index in [0.717, 1.165) is 0 Å². The van der Waals surface area contributed by atoms with Gasteiger partial charge >= 0.3 is 0 Å². The zero-order valence-corrected chi connectivity index (χ0v) is 18.8. The second-order valence-electron chi connectivity index (χ2n) is 6.92. The van der Waals surface area contributed by atoms with Crippen molar-refractivity contribution in [3.05, 3.63) is 89.7 Å². The van der Waals surface area contributed by atoms with Crippen molar-refractivity contribution in [2.24, 2.45) is 0 Å². The first-order valence-corrected chi connectivity index (χ1v) is 11.6. The molecule has 168 valence electrons. The first kappa shape index (κ1) is 22.4. The van der Waals surface area contributed by atoms with Gasteiger partial charge in [-0.1, -0.05) is 29.8 Å². The Balaban J connectivity index is 1.54. The normalized spacial score (nSPS) is 12.2. The fourth-order valence-corrected chi connectivity index (χ4v) is 4.33. The Hall–Kier alpha value is -3.83. The number of sulfonamides is 1. The lowest BCUT2D eigenvalue weighted by atomic mass is 10.1. The van der Waals surface area contributed by atoms with Crippen LogP contribution in [0.15, 0.2) is 78.2 Å². The van der Waals surface area contributed by atoms with Crippen LogP contribution in [0.3, 0.4) is 0 Å². The molecule has 1 unspecified atom stereocenters. The zero-order chi connectivity index (χ0) is 23.4. The molecule has 0 aliphatic rings. The van der Waals surface area contributed by atoms with Crippen LogP contribution in [-0.4, -0.2) is 39.1 Å². The van der Waals surface area contributed by atoms with Gasteiger partial charge in [0.1, 0.15) is 6.33 Å². The number of amides is 1. The lowest BCUT2D eigenvalue weighted by molar-refractivity contribution is 0.0938. The molecule has 0 saturated carbocycles. The molecule has 12 heteroatoms. The smallest absolute Gasteiger partial charge is 0.261 e. The van der Waals surface area contributed by atoms with Crippen LogP contribution in [0.25, 0.3) is 5.95 Å². The van der Waals surface area contributed by atoms with Gasteiger partial charge in [-0.3, -0.25) is 9.52 Å². The largest absolute Gasteiger partial charge is 0.342 e. The van der Waals surface area contributed by atoms with Crippen LogP contribution in [0.2, 0.25) is 5.02 Å². The lowest BCUT2D eigenvalue weighted by Crippen LogP contribution is -2.29. The van der Waals surface area contributed by atoms with Gasteiger partial charge in [-0.25, -0.2) is 23.4 Å². The minimum Gasteiger partial charge on any atom is -0.342 e. The predicted molar refractivity (Wildman–Crippen MR) is 122 cm³/mol. The maximum atomic E-state index is 12.9. The van der Waals surface area contributed by atoms with Crippen molar-refractivity contribution in [1.29, 1.82) is 0 Å². The van der Waals surface area contributed by atoms with Gasteiger partial charge in [0.2, 0.25) is 0 Å². The molecule has 2 N–H and O–H groups in total. The highest BCUT2D eigenvalue weighted by Gasteiger charge is 2.20. The van der Waals surface area contributed by atoms with Crippen molar-refractivity contribution in [1.82, 2.24) is 30.0 Å². The molecule has 0 aliphatic carbocycles. The van der Waals surface area contributed by atoms with Gasteiger partial charge in [-0.05, 0) is 43.3 Å². The van der Waals surface area contributed by atoms with Gasteiger partial charge in [0, 0.05) is 23.0 Å². The summed E-state index contributed by atoms with van der Waals surface area (Å²) in [6.07, 6.45) is 4.48. The Bertz CT molecular complexity index is 1380. The topological polar surface area (TPSA) is 132 Å². The molecule has 1 amide bonds. The number of benzene rings is 2. The summed E-state index contributed by atoms with van der Waals surface area (Å²) in [6, 6.07) is 13.3. The van der Waals surface area contributed by atoms with Crippen molar-refractivity contribution < 1.29 is 13.2 Å². The summed E-state index contributed by atoms with van der Waals surface area (Å²) in [7, 11) is -3.84. The summed E-state index contributed by atoms with van der Waals surface area (Å²) in [5.74, 6) is 0.252. The number of carbonyl (C=O) groups is 1. The van der Waals surface area contributed by atoms with E-state index in [1.165, 1.54) is 41.3 Å². The number of aromatic nitrogens is 5. The quantitative estimate of drug-likeness (QED) is 0.413. The molecule has 1 atom stereocenters. The number of nitrogens with one attached hydrogen (secondary N) is 2. The minimum atomic E-state index is -3.84. The Labute approximate surface area is 194 Å². The van der Waals surface area contributed by atoms with Gasteiger partial charge in [0.05, 0.1) is 16.6 Å². The summed E-state index contributed by atoms with van der Waals surface area (Å²) in [4.78, 5) is 25.5. The van der Waals surface area contributed by atoms with Crippen molar-refractivity contribution in [2.75, 3.05) is 4.72 Å². The first-order chi connectivity index (χ1) is 15.8. The Morgan fingerprint density at radius 1 is 1.03 bits per heavy atom. The maximum Gasteiger partial charge on any atom is 0.261 e. The number of carbonyl (C=O) groups excluding carboxylic acids is 1. The molecule has 4 rings (SSSR count). The van der Waals surface area contributed by atoms with Crippen LogP contribution in [0.4, 0.5) is 5.69 Å². The summed E-state index contributed by atoms with van der Waals surface area (Å²) in [5, 5.41) is 7.12. The highest BCUT2D eigenvalue weighted by Crippen LogP contribution is 2.23. The van der Waals surface area contributed by atoms with Gasteiger partial charge in [0.25, 0.3) is 21.9 Å². The predicted octanol–water partition coefficient (Wildman–Crippen LogP) is 3.00. The molecular weight excluding hydrogens is 466 g/mol. The third kappa shape index (κ3) is 5.16. The Morgan fingerprint density at radius 2 is 1.76 bits per heavy atom. The molecular formula is C21H18ClN7O3S. The van der Waals surface area contributed by atoms with Gasteiger partial charge in [-0.15, -0.1) is 0 Å². The molecule has 33 heavy (non-hydrogen) atoms. The fraction of sp³-hybridized carbons (Fsp3) is 0.0952. The number of hydrogen-bond donors (Lipinski definition) is 2. The molecule has 10 nitrogen and oxygen atoms in total. The molecule has 2 heterocycles. The van der Waals surface area contributed by atoms with Gasteiger partial charge in [-0.2, -0.15) is 9.78 Å². The van der Waals surface area contributed by atoms with E-state index in [9.17, 15) is 13.2 Å². The van der Waals surface area contributed by atoms with E-state index < -0.39 is 22.0 Å². The van der Waals surface area contributed by atoms with E-state index >= 15 is 0 Å². The number of nitrogens with zero attached hydrogens (tertiary/aromatic N) is 5. The number of rotatable bonds is 7. The summed E-state index contributed by atoms with van der Waals surface area (Å²) in [6.45, 7) is 1.73. The zero-order valence-electron chi connectivity index (χ0n) is 17.3. The highest BCUT2D eigenvalue weighted by atomic mass is 35.5. The molecule has 2 aromatic heterocycles. The Morgan fingerprint density at radius 3 is 2.48 bits per heavy atom. The van der Waals surface area contributed by atoms with Crippen LogP contribution in [0.5, 0.6) is 0 Å². The molecule has 0 fully saturated rings. The van der Waals surface area contributed by atoms with Gasteiger partial charge in [0.15, 0.2) is 5.82 Å². The minimum absolute atomic E-state index is 0.0899. The van der Waals surface area contributed by atoms with E-state index in [4.69, 9.17) is 11.6 Å². The van der Waals surface area contributed by atoms with Crippen molar-refractivity contribution in [3.8, 4) is 5.95 Å². The van der Waals surface area contributed by atoms with Crippen LogP contribution >= 0.6 is 11.6 Å². The molecule has 0 saturated heterocycles. The molecule has 4 aromatic rings. The van der Waals surface area contributed by atoms with E-state index in [1.54, 1.807) is 43.6 Å². The fourth-order valence-electron chi connectivity index (χ4n) is 3.04. The van der Waals surface area contributed by atoms with Crippen LogP contribution in [0.1, 0.15) is 29.1 Å².